The standard InChI is InChI=1S/C15H11ClFN3O4/c16-13-8-11(20(23)24)5-6-12(13)15(22)19-18-14(21)7-9-1-3-10(17)4-2-9/h1-6,8H,7H2,(H,18,21)(H,19,22). The number of rotatable bonds is 4. The summed E-state index contributed by atoms with van der Waals surface area (Å²) >= 11 is 5.81. The molecule has 7 nitrogen and oxygen atoms in total. The van der Waals surface area contributed by atoms with Crippen molar-refractivity contribution in [3.8, 4) is 0 Å². The summed E-state index contributed by atoms with van der Waals surface area (Å²) in [6.07, 6.45) is -0.0610. The van der Waals surface area contributed by atoms with E-state index in [9.17, 15) is 24.1 Å². The van der Waals surface area contributed by atoms with Gasteiger partial charge in [-0.2, -0.15) is 0 Å². The van der Waals surface area contributed by atoms with Crippen LogP contribution in [0.25, 0.3) is 0 Å². The van der Waals surface area contributed by atoms with Gasteiger partial charge in [0.15, 0.2) is 0 Å². The van der Waals surface area contributed by atoms with Crippen molar-refractivity contribution < 1.29 is 18.9 Å². The van der Waals surface area contributed by atoms with E-state index in [0.29, 0.717) is 5.56 Å². The van der Waals surface area contributed by atoms with Gasteiger partial charge in [-0.15, -0.1) is 0 Å². The summed E-state index contributed by atoms with van der Waals surface area (Å²) in [6.45, 7) is 0. The number of non-ortho nitro benzene ring substituents is 1. The molecule has 2 amide bonds. The van der Waals surface area contributed by atoms with E-state index in [1.165, 1.54) is 30.3 Å². The van der Waals surface area contributed by atoms with Gasteiger partial charge in [-0.05, 0) is 23.8 Å². The third-order valence-corrected chi connectivity index (χ3v) is 3.31. The van der Waals surface area contributed by atoms with E-state index >= 15 is 0 Å². The van der Waals surface area contributed by atoms with Crippen LogP contribution in [0.1, 0.15) is 15.9 Å². The molecule has 0 aliphatic rings. The molecule has 0 bridgehead atoms. The Bertz CT molecular complexity index is 796. The van der Waals surface area contributed by atoms with E-state index in [-0.39, 0.29) is 22.7 Å². The van der Waals surface area contributed by atoms with Crippen molar-refractivity contribution in [1.82, 2.24) is 10.9 Å². The van der Waals surface area contributed by atoms with Gasteiger partial charge in [0.1, 0.15) is 5.82 Å². The van der Waals surface area contributed by atoms with Gasteiger partial charge in [-0.25, -0.2) is 4.39 Å². The van der Waals surface area contributed by atoms with Crippen molar-refractivity contribution in [3.63, 3.8) is 0 Å². The highest BCUT2D eigenvalue weighted by Gasteiger charge is 2.15. The first-order valence-electron chi connectivity index (χ1n) is 6.64. The third-order valence-electron chi connectivity index (χ3n) is 3.00. The monoisotopic (exact) mass is 351 g/mol. The minimum atomic E-state index is -0.720. The van der Waals surface area contributed by atoms with Crippen LogP contribution in [-0.2, 0) is 11.2 Å². The molecule has 0 aliphatic heterocycles. The molecule has 0 radical (unpaired) electrons. The highest BCUT2D eigenvalue weighted by Crippen LogP contribution is 2.22. The topological polar surface area (TPSA) is 101 Å². The first kappa shape index (κ1) is 17.4. The van der Waals surface area contributed by atoms with Gasteiger partial charge < -0.3 is 0 Å². The zero-order valence-corrected chi connectivity index (χ0v) is 12.8. The number of benzene rings is 2. The highest BCUT2D eigenvalue weighted by molar-refractivity contribution is 6.34. The van der Waals surface area contributed by atoms with Crippen LogP contribution in [0.5, 0.6) is 0 Å². The first-order valence-corrected chi connectivity index (χ1v) is 7.02. The predicted molar refractivity (Wildman–Crippen MR) is 83.8 cm³/mol. The number of carbonyl (C=O) groups is 2. The van der Waals surface area contributed by atoms with Crippen LogP contribution in [0, 0.1) is 15.9 Å². The number of hydrazine groups is 1. The largest absolute Gasteiger partial charge is 0.273 e. The number of nitro benzene ring substituents is 1. The molecule has 124 valence electrons. The number of nitrogens with one attached hydrogen (secondary N) is 2. The van der Waals surface area contributed by atoms with Crippen molar-refractivity contribution in [3.05, 3.63) is 74.5 Å². The summed E-state index contributed by atoms with van der Waals surface area (Å²) in [7, 11) is 0. The van der Waals surface area contributed by atoms with Crippen LogP contribution < -0.4 is 10.9 Å². The van der Waals surface area contributed by atoms with E-state index in [1.54, 1.807) is 0 Å². The fraction of sp³-hybridized carbons (Fsp3) is 0.0667. The lowest BCUT2D eigenvalue weighted by molar-refractivity contribution is -0.384. The average molecular weight is 352 g/mol. The van der Waals surface area contributed by atoms with Crippen molar-refractivity contribution >= 4 is 29.1 Å². The third kappa shape index (κ3) is 4.50. The van der Waals surface area contributed by atoms with Crippen molar-refractivity contribution in [2.45, 2.75) is 6.42 Å². The van der Waals surface area contributed by atoms with E-state index < -0.39 is 22.6 Å². The summed E-state index contributed by atoms with van der Waals surface area (Å²) in [6, 6.07) is 8.68. The summed E-state index contributed by atoms with van der Waals surface area (Å²) in [4.78, 5) is 33.6. The molecule has 0 spiro atoms. The Morgan fingerprint density at radius 1 is 1.12 bits per heavy atom. The summed E-state index contributed by atoms with van der Waals surface area (Å²) < 4.78 is 12.8. The molecule has 0 atom stereocenters. The maximum absolute atomic E-state index is 12.8. The molecule has 9 heteroatoms. The first-order chi connectivity index (χ1) is 11.4. The molecule has 0 aliphatic carbocycles. The quantitative estimate of drug-likeness (QED) is 0.652. The Morgan fingerprint density at radius 3 is 2.38 bits per heavy atom. The number of hydrogen-bond acceptors (Lipinski definition) is 4. The van der Waals surface area contributed by atoms with E-state index in [1.807, 2.05) is 0 Å². The van der Waals surface area contributed by atoms with Gasteiger partial charge in [0.05, 0.1) is 21.9 Å². The van der Waals surface area contributed by atoms with Gasteiger partial charge in [0.2, 0.25) is 5.91 Å². The molecule has 24 heavy (non-hydrogen) atoms. The SMILES string of the molecule is O=C(Cc1ccc(F)cc1)NNC(=O)c1ccc([N+](=O)[O-])cc1Cl. The summed E-state index contributed by atoms with van der Waals surface area (Å²) in [5, 5.41) is 10.5. The second-order valence-corrected chi connectivity index (χ2v) is 5.13. The molecule has 0 aromatic heterocycles. The molecule has 2 aromatic carbocycles. The second-order valence-electron chi connectivity index (χ2n) is 4.73. The number of amides is 2. The zero-order valence-electron chi connectivity index (χ0n) is 12.1. The molecule has 0 saturated carbocycles. The van der Waals surface area contributed by atoms with E-state index in [4.69, 9.17) is 11.6 Å². The fourth-order valence-corrected chi connectivity index (χ4v) is 2.09. The Kier molecular flexibility index (Phi) is 5.43. The van der Waals surface area contributed by atoms with Crippen molar-refractivity contribution in [2.75, 3.05) is 0 Å². The van der Waals surface area contributed by atoms with Gasteiger partial charge in [0.25, 0.3) is 11.6 Å². The lowest BCUT2D eigenvalue weighted by Crippen LogP contribution is -2.42. The van der Waals surface area contributed by atoms with Crippen LogP contribution in [-0.4, -0.2) is 16.7 Å². The Hall–Kier alpha value is -3.00. The lowest BCUT2D eigenvalue weighted by atomic mass is 10.1. The van der Waals surface area contributed by atoms with Crippen LogP contribution in [0.15, 0.2) is 42.5 Å². The number of nitro groups is 1. The number of nitrogens with zero attached hydrogens (tertiary/aromatic N) is 1. The molecular formula is C15H11ClFN3O4. The maximum Gasteiger partial charge on any atom is 0.271 e. The van der Waals surface area contributed by atoms with Gasteiger partial charge >= 0.3 is 0 Å². The summed E-state index contributed by atoms with van der Waals surface area (Å²) in [5.41, 5.74) is 4.63. The van der Waals surface area contributed by atoms with E-state index in [0.717, 1.165) is 12.1 Å². The van der Waals surface area contributed by atoms with Gasteiger partial charge in [-0.3, -0.25) is 30.6 Å². The summed E-state index contributed by atoms with van der Waals surface area (Å²) in [5.74, 6) is -1.66. The maximum atomic E-state index is 12.8. The van der Waals surface area contributed by atoms with Crippen LogP contribution in [0.3, 0.4) is 0 Å². The molecule has 0 heterocycles. The number of halogens is 2. The Balaban J connectivity index is 1.94. The second kappa shape index (κ2) is 7.51. The van der Waals surface area contributed by atoms with Crippen LogP contribution in [0.4, 0.5) is 10.1 Å². The predicted octanol–water partition coefficient (Wildman–Crippen LogP) is 2.39. The minimum absolute atomic E-state index is 0.0238. The Labute approximate surface area is 140 Å². The number of hydrogen-bond donors (Lipinski definition) is 2. The molecule has 0 unspecified atom stereocenters. The average Bonchev–Trinajstić information content (AvgIpc) is 2.54. The van der Waals surface area contributed by atoms with Gasteiger partial charge in [0, 0.05) is 12.1 Å². The normalized spacial score (nSPS) is 10.1. The zero-order chi connectivity index (χ0) is 17.7. The molecular weight excluding hydrogens is 341 g/mol. The van der Waals surface area contributed by atoms with Gasteiger partial charge in [-0.1, -0.05) is 23.7 Å². The number of carbonyl (C=O) groups excluding carboxylic acids is 2. The van der Waals surface area contributed by atoms with Crippen LogP contribution >= 0.6 is 11.6 Å². The van der Waals surface area contributed by atoms with E-state index in [2.05, 4.69) is 10.9 Å². The smallest absolute Gasteiger partial charge is 0.271 e. The van der Waals surface area contributed by atoms with Crippen molar-refractivity contribution in [1.29, 1.82) is 0 Å². The lowest BCUT2D eigenvalue weighted by Gasteiger charge is -2.08. The fourth-order valence-electron chi connectivity index (χ4n) is 1.83. The van der Waals surface area contributed by atoms with Crippen molar-refractivity contribution in [2.24, 2.45) is 0 Å². The van der Waals surface area contributed by atoms with Crippen LogP contribution in [0.2, 0.25) is 5.02 Å². The highest BCUT2D eigenvalue weighted by atomic mass is 35.5. The minimum Gasteiger partial charge on any atom is -0.273 e. The molecule has 0 saturated heterocycles. The molecule has 2 aromatic rings. The molecule has 2 N–H and O–H groups in total. The molecule has 2 rings (SSSR count). The molecule has 0 fully saturated rings. The Morgan fingerprint density at radius 2 is 1.79 bits per heavy atom.